The van der Waals surface area contributed by atoms with Crippen molar-refractivity contribution in [3.05, 3.63) is 31.3 Å². The second-order valence-electron chi connectivity index (χ2n) is 5.38. The molecule has 2 rings (SSSR count). The molecular weight excluding hydrogens is 393 g/mol. The van der Waals surface area contributed by atoms with Crippen molar-refractivity contribution in [3.63, 3.8) is 0 Å². The Morgan fingerprint density at radius 3 is 2.59 bits per heavy atom. The van der Waals surface area contributed by atoms with Gasteiger partial charge in [0.15, 0.2) is 0 Å². The molecule has 0 unspecified atom stereocenters. The fraction of sp³-hybridized carbons (Fsp3) is 0.429. The Kier molecular flexibility index (Phi) is 6.05. The van der Waals surface area contributed by atoms with Gasteiger partial charge < -0.3 is 9.84 Å². The van der Waals surface area contributed by atoms with Gasteiger partial charge in [-0.2, -0.15) is 18.3 Å². The topological polar surface area (TPSA) is 115 Å². The average molecular weight is 408 g/mol. The van der Waals surface area contributed by atoms with Gasteiger partial charge in [0, 0.05) is 7.11 Å². The molecule has 13 heteroatoms. The number of aromatic nitrogens is 2. The summed E-state index contributed by atoms with van der Waals surface area (Å²) in [5.41, 5.74) is -0.126. The third kappa shape index (κ3) is 4.54. The largest absolute Gasteiger partial charge is 0.464 e. The zero-order valence-corrected chi connectivity index (χ0v) is 15.0. The summed E-state index contributed by atoms with van der Waals surface area (Å²) in [5.74, 6) is 0. The number of hydrogen-bond donors (Lipinski definition) is 2. The maximum atomic E-state index is 12.8. The SMILES string of the molecule is COCCn1c(=O)n(CC(F)(F)F)c(=O)c2c(C)c(/C=N\NC(=O)O)sc21. The van der Waals surface area contributed by atoms with E-state index in [1.807, 2.05) is 0 Å². The van der Waals surface area contributed by atoms with Crippen LogP contribution < -0.4 is 16.7 Å². The van der Waals surface area contributed by atoms with Crippen LogP contribution in [0.25, 0.3) is 10.2 Å². The number of hydrogen-bond acceptors (Lipinski definition) is 6. The molecule has 0 saturated carbocycles. The summed E-state index contributed by atoms with van der Waals surface area (Å²) in [7, 11) is 1.36. The number of methoxy groups -OCH3 is 1. The van der Waals surface area contributed by atoms with E-state index < -0.39 is 30.1 Å². The first-order valence-electron chi connectivity index (χ1n) is 7.41. The number of nitrogens with one attached hydrogen (secondary N) is 1. The number of alkyl halides is 3. The van der Waals surface area contributed by atoms with E-state index in [4.69, 9.17) is 9.84 Å². The monoisotopic (exact) mass is 408 g/mol. The molecule has 1 amide bonds. The highest BCUT2D eigenvalue weighted by Gasteiger charge is 2.31. The van der Waals surface area contributed by atoms with Gasteiger partial charge in [-0.1, -0.05) is 0 Å². The minimum Gasteiger partial charge on any atom is -0.464 e. The number of halogens is 3. The molecule has 2 heterocycles. The molecule has 0 aliphatic rings. The van der Waals surface area contributed by atoms with Crippen molar-refractivity contribution in [3.8, 4) is 0 Å². The van der Waals surface area contributed by atoms with E-state index in [1.54, 1.807) is 5.43 Å². The number of nitrogens with zero attached hydrogens (tertiary/aromatic N) is 3. The minimum absolute atomic E-state index is 0.0418. The lowest BCUT2D eigenvalue weighted by atomic mass is 10.2. The summed E-state index contributed by atoms with van der Waals surface area (Å²) in [4.78, 5) is 35.9. The number of thiophene rings is 1. The van der Waals surface area contributed by atoms with Crippen LogP contribution in [-0.4, -0.2) is 46.4 Å². The normalized spacial score (nSPS) is 12.2. The second kappa shape index (κ2) is 7.92. The van der Waals surface area contributed by atoms with Crippen molar-refractivity contribution in [2.24, 2.45) is 5.10 Å². The molecule has 2 aromatic rings. The number of carbonyl (C=O) groups is 1. The molecule has 0 bridgehead atoms. The molecule has 0 aromatic carbocycles. The van der Waals surface area contributed by atoms with Crippen LogP contribution in [0.1, 0.15) is 10.4 Å². The Bertz CT molecular complexity index is 1010. The fourth-order valence-corrected chi connectivity index (χ4v) is 3.57. The van der Waals surface area contributed by atoms with E-state index in [9.17, 15) is 27.6 Å². The Balaban J connectivity index is 2.75. The third-order valence-corrected chi connectivity index (χ3v) is 4.78. The smallest absolute Gasteiger partial charge is 0.425 e. The number of hydrazone groups is 1. The van der Waals surface area contributed by atoms with Crippen LogP contribution in [0.3, 0.4) is 0 Å². The first-order valence-corrected chi connectivity index (χ1v) is 8.23. The molecule has 9 nitrogen and oxygen atoms in total. The Morgan fingerprint density at radius 2 is 2.04 bits per heavy atom. The fourth-order valence-electron chi connectivity index (χ4n) is 2.38. The zero-order valence-electron chi connectivity index (χ0n) is 14.2. The van der Waals surface area contributed by atoms with Crippen LogP contribution in [-0.2, 0) is 17.8 Å². The highest BCUT2D eigenvalue weighted by molar-refractivity contribution is 7.20. The summed E-state index contributed by atoms with van der Waals surface area (Å²) in [5, 5.41) is 11.9. The van der Waals surface area contributed by atoms with Gasteiger partial charge in [0.05, 0.1) is 29.6 Å². The number of carboxylic acid groups (broad SMARTS) is 1. The Hall–Kier alpha value is -2.67. The molecule has 0 saturated heterocycles. The lowest BCUT2D eigenvalue weighted by Gasteiger charge is -2.13. The zero-order chi connectivity index (χ0) is 20.4. The number of ether oxygens (including phenoxy) is 1. The van der Waals surface area contributed by atoms with Crippen molar-refractivity contribution >= 4 is 33.9 Å². The van der Waals surface area contributed by atoms with Gasteiger partial charge in [0.25, 0.3) is 5.56 Å². The number of rotatable bonds is 6. The molecule has 0 spiro atoms. The maximum absolute atomic E-state index is 12.8. The van der Waals surface area contributed by atoms with Gasteiger partial charge >= 0.3 is 18.0 Å². The van der Waals surface area contributed by atoms with Crippen LogP contribution in [0.15, 0.2) is 14.7 Å². The quantitative estimate of drug-likeness (QED) is 0.553. The van der Waals surface area contributed by atoms with E-state index in [-0.39, 0.29) is 33.5 Å². The van der Waals surface area contributed by atoms with Gasteiger partial charge in [-0.05, 0) is 12.5 Å². The van der Waals surface area contributed by atoms with Crippen molar-refractivity contribution < 1.29 is 27.8 Å². The Morgan fingerprint density at radius 1 is 1.37 bits per heavy atom. The van der Waals surface area contributed by atoms with Crippen LogP contribution in [0.2, 0.25) is 0 Å². The van der Waals surface area contributed by atoms with E-state index in [1.165, 1.54) is 14.0 Å². The molecular formula is C14H15F3N4O5S. The predicted octanol–water partition coefficient (Wildman–Crippen LogP) is 1.34. The van der Waals surface area contributed by atoms with Gasteiger partial charge in [0.1, 0.15) is 11.4 Å². The molecule has 27 heavy (non-hydrogen) atoms. The summed E-state index contributed by atoms with van der Waals surface area (Å²) in [6.07, 6.45) is -5.04. The summed E-state index contributed by atoms with van der Waals surface area (Å²) in [6, 6.07) is 0. The Labute approximate surface area is 153 Å². The van der Waals surface area contributed by atoms with Gasteiger partial charge in [-0.25, -0.2) is 15.0 Å². The van der Waals surface area contributed by atoms with Gasteiger partial charge in [-0.3, -0.25) is 13.9 Å². The first-order chi connectivity index (χ1) is 12.6. The highest BCUT2D eigenvalue weighted by atomic mass is 32.1. The maximum Gasteiger partial charge on any atom is 0.425 e. The lowest BCUT2D eigenvalue weighted by molar-refractivity contribution is -0.141. The van der Waals surface area contributed by atoms with Crippen LogP contribution >= 0.6 is 11.3 Å². The highest BCUT2D eigenvalue weighted by Crippen LogP contribution is 2.27. The molecule has 148 valence electrons. The standard InChI is InChI=1S/C14H15F3N4O5S/c1-7-8(5-18-19-12(23)24)27-11-9(7)10(22)21(6-14(15,16)17)13(25)20(11)3-4-26-2/h5,19H,3-4,6H2,1-2H3,(H,23,24)/b18-5-. The van der Waals surface area contributed by atoms with Crippen LogP contribution in [0.4, 0.5) is 18.0 Å². The second-order valence-corrected chi connectivity index (χ2v) is 6.41. The summed E-state index contributed by atoms with van der Waals surface area (Å²) >= 11 is 0.938. The summed E-state index contributed by atoms with van der Waals surface area (Å²) in [6.45, 7) is -0.258. The van der Waals surface area contributed by atoms with E-state index in [0.29, 0.717) is 4.88 Å². The van der Waals surface area contributed by atoms with Gasteiger partial charge in [-0.15, -0.1) is 11.3 Å². The number of fused-ring (bicyclic) bond motifs is 1. The molecule has 0 aliphatic carbocycles. The predicted molar refractivity (Wildman–Crippen MR) is 91.8 cm³/mol. The number of aryl methyl sites for hydroxylation is 1. The van der Waals surface area contributed by atoms with E-state index in [2.05, 4.69) is 5.10 Å². The molecule has 2 N–H and O–H groups in total. The molecule has 2 aromatic heterocycles. The minimum atomic E-state index is -4.75. The van der Waals surface area contributed by atoms with E-state index >= 15 is 0 Å². The average Bonchev–Trinajstić information content (AvgIpc) is 2.87. The first kappa shape index (κ1) is 20.6. The third-order valence-electron chi connectivity index (χ3n) is 3.53. The molecule has 0 atom stereocenters. The number of amides is 1. The van der Waals surface area contributed by atoms with E-state index in [0.717, 1.165) is 22.1 Å². The molecule has 0 aliphatic heterocycles. The van der Waals surface area contributed by atoms with Crippen LogP contribution in [0, 0.1) is 6.92 Å². The van der Waals surface area contributed by atoms with Crippen LogP contribution in [0.5, 0.6) is 0 Å². The molecule has 0 fully saturated rings. The van der Waals surface area contributed by atoms with Crippen molar-refractivity contribution in [2.45, 2.75) is 26.2 Å². The summed E-state index contributed by atoms with van der Waals surface area (Å²) < 4.78 is 44.5. The molecule has 0 radical (unpaired) electrons. The van der Waals surface area contributed by atoms with Crippen molar-refractivity contribution in [1.29, 1.82) is 0 Å². The lowest BCUT2D eigenvalue weighted by Crippen LogP contribution is -2.43. The van der Waals surface area contributed by atoms with Crippen molar-refractivity contribution in [1.82, 2.24) is 14.6 Å². The van der Waals surface area contributed by atoms with Crippen molar-refractivity contribution in [2.75, 3.05) is 13.7 Å². The van der Waals surface area contributed by atoms with Gasteiger partial charge in [0.2, 0.25) is 0 Å².